The van der Waals surface area contributed by atoms with Gasteiger partial charge in [0.25, 0.3) is 5.56 Å². The van der Waals surface area contributed by atoms with E-state index in [0.717, 1.165) is 45.2 Å². The summed E-state index contributed by atoms with van der Waals surface area (Å²) >= 11 is 1.37. The molecule has 0 bridgehead atoms. The van der Waals surface area contributed by atoms with E-state index in [2.05, 4.69) is 6.08 Å². The fourth-order valence-corrected chi connectivity index (χ4v) is 5.62. The molecular formula is C25H33N3O4S. The van der Waals surface area contributed by atoms with E-state index in [9.17, 15) is 9.59 Å². The molecule has 1 atom stereocenters. The predicted molar refractivity (Wildman–Crippen MR) is 131 cm³/mol. The van der Waals surface area contributed by atoms with Crippen LogP contribution in [0.15, 0.2) is 33.7 Å². The normalized spacial score (nSPS) is 17.2. The maximum absolute atomic E-state index is 13.6. The molecule has 0 spiro atoms. The zero-order chi connectivity index (χ0) is 23.4. The number of hydrogen-bond acceptors (Lipinski definition) is 6. The molecule has 1 aliphatic carbocycles. The van der Waals surface area contributed by atoms with Gasteiger partial charge in [-0.05, 0) is 57.9 Å². The molecule has 1 aromatic carbocycles. The summed E-state index contributed by atoms with van der Waals surface area (Å²) in [6, 6.07) is 3.44. The number of benzene rings is 1. The molecule has 0 saturated carbocycles. The minimum absolute atomic E-state index is 0.110. The Morgan fingerprint density at radius 3 is 2.52 bits per heavy atom. The zero-order valence-electron chi connectivity index (χ0n) is 19.8. The Bertz CT molecular complexity index is 1110. The second-order valence-corrected chi connectivity index (χ2v) is 10.0. The summed E-state index contributed by atoms with van der Waals surface area (Å²) in [7, 11) is 3.12. The van der Waals surface area contributed by atoms with Crippen LogP contribution in [0.25, 0.3) is 10.9 Å². The van der Waals surface area contributed by atoms with Crippen molar-refractivity contribution in [2.75, 3.05) is 27.3 Å². The molecule has 2 aromatic rings. The number of likely N-dealkylation sites (tertiary alicyclic amines) is 1. The van der Waals surface area contributed by atoms with E-state index < -0.39 is 0 Å². The largest absolute Gasteiger partial charge is 0.493 e. The first kappa shape index (κ1) is 23.7. The molecule has 2 heterocycles. The van der Waals surface area contributed by atoms with Crippen molar-refractivity contribution in [1.29, 1.82) is 0 Å². The van der Waals surface area contributed by atoms with E-state index in [1.807, 2.05) is 11.8 Å². The van der Waals surface area contributed by atoms with Gasteiger partial charge in [0.15, 0.2) is 16.7 Å². The first-order valence-corrected chi connectivity index (χ1v) is 12.7. The molecule has 7 nitrogen and oxygen atoms in total. The smallest absolute Gasteiger partial charge is 0.262 e. The minimum Gasteiger partial charge on any atom is -0.493 e. The maximum atomic E-state index is 13.6. The van der Waals surface area contributed by atoms with E-state index in [1.54, 1.807) is 30.9 Å². The zero-order valence-corrected chi connectivity index (χ0v) is 20.6. The van der Waals surface area contributed by atoms with Crippen molar-refractivity contribution in [3.8, 4) is 11.5 Å². The van der Waals surface area contributed by atoms with Gasteiger partial charge in [0.05, 0.1) is 30.4 Å². The van der Waals surface area contributed by atoms with Crippen molar-refractivity contribution in [2.24, 2.45) is 0 Å². The average molecular weight is 472 g/mol. The number of rotatable bonds is 8. The van der Waals surface area contributed by atoms with E-state index in [4.69, 9.17) is 14.5 Å². The van der Waals surface area contributed by atoms with Crippen LogP contribution in [-0.2, 0) is 11.3 Å². The third kappa shape index (κ3) is 5.21. The van der Waals surface area contributed by atoms with E-state index in [0.29, 0.717) is 34.1 Å². The standard InChI is InChI=1S/C25H33N3O4S/c1-17(23(29)27-12-7-8-13-27)33-25-26-20-16-22(32-3)21(31-2)15-19(20)24(30)28(25)14-11-18-9-5-4-6-10-18/h9,15-17H,4-8,10-14H2,1-3H3. The van der Waals surface area contributed by atoms with Gasteiger partial charge in [-0.2, -0.15) is 0 Å². The van der Waals surface area contributed by atoms with Gasteiger partial charge in [0.2, 0.25) is 5.91 Å². The molecule has 0 radical (unpaired) electrons. The summed E-state index contributed by atoms with van der Waals surface area (Å²) in [5.41, 5.74) is 1.84. The lowest BCUT2D eigenvalue weighted by molar-refractivity contribution is -0.129. The molecule has 2 aliphatic rings. The summed E-state index contributed by atoms with van der Waals surface area (Å²) in [5.74, 6) is 1.14. The Kier molecular flexibility index (Phi) is 7.63. The van der Waals surface area contributed by atoms with Crippen molar-refractivity contribution in [1.82, 2.24) is 14.5 Å². The van der Waals surface area contributed by atoms with Crippen LogP contribution in [-0.4, -0.2) is 52.9 Å². The molecule has 33 heavy (non-hydrogen) atoms. The number of carbonyl (C=O) groups is 1. The van der Waals surface area contributed by atoms with Gasteiger partial charge in [-0.15, -0.1) is 0 Å². The lowest BCUT2D eigenvalue weighted by Crippen LogP contribution is -2.34. The number of amides is 1. The van der Waals surface area contributed by atoms with Gasteiger partial charge < -0.3 is 14.4 Å². The molecule has 1 amide bonds. The summed E-state index contributed by atoms with van der Waals surface area (Å²) in [4.78, 5) is 33.3. The van der Waals surface area contributed by atoms with Gasteiger partial charge in [-0.1, -0.05) is 23.4 Å². The number of carbonyl (C=O) groups excluding carboxylic acids is 1. The Hall–Kier alpha value is -2.48. The molecule has 4 rings (SSSR count). The Morgan fingerprint density at radius 2 is 1.85 bits per heavy atom. The van der Waals surface area contributed by atoms with E-state index in [1.165, 1.54) is 30.2 Å². The molecule has 1 aliphatic heterocycles. The van der Waals surface area contributed by atoms with Crippen LogP contribution >= 0.6 is 11.8 Å². The van der Waals surface area contributed by atoms with E-state index >= 15 is 0 Å². The molecule has 0 N–H and O–H groups in total. The lowest BCUT2D eigenvalue weighted by atomic mass is 9.97. The molecule has 1 fully saturated rings. The number of ether oxygens (including phenoxy) is 2. The molecule has 1 saturated heterocycles. The summed E-state index contributed by atoms with van der Waals surface area (Å²) in [5, 5.41) is 0.761. The van der Waals surface area contributed by atoms with Crippen molar-refractivity contribution in [2.45, 2.75) is 68.8 Å². The van der Waals surface area contributed by atoms with Crippen LogP contribution in [0.3, 0.4) is 0 Å². The fourth-order valence-electron chi connectivity index (χ4n) is 4.61. The number of hydrogen-bond donors (Lipinski definition) is 0. The van der Waals surface area contributed by atoms with Gasteiger partial charge in [0.1, 0.15) is 0 Å². The van der Waals surface area contributed by atoms with Crippen LogP contribution in [0, 0.1) is 0 Å². The van der Waals surface area contributed by atoms with Crippen LogP contribution in [0.1, 0.15) is 51.9 Å². The highest BCUT2D eigenvalue weighted by Crippen LogP contribution is 2.32. The first-order valence-electron chi connectivity index (χ1n) is 11.8. The highest BCUT2D eigenvalue weighted by atomic mass is 32.2. The monoisotopic (exact) mass is 471 g/mol. The molecule has 178 valence electrons. The van der Waals surface area contributed by atoms with Gasteiger partial charge >= 0.3 is 0 Å². The summed E-state index contributed by atoms with van der Waals surface area (Å²) in [6.45, 7) is 4.08. The second kappa shape index (κ2) is 10.6. The quantitative estimate of drug-likeness (QED) is 0.323. The highest BCUT2D eigenvalue weighted by Gasteiger charge is 2.26. The number of thioether (sulfide) groups is 1. The third-order valence-corrected chi connectivity index (χ3v) is 7.59. The molecule has 8 heteroatoms. The average Bonchev–Trinajstić information content (AvgIpc) is 3.38. The summed E-state index contributed by atoms with van der Waals surface area (Å²) < 4.78 is 12.6. The number of allylic oxidation sites excluding steroid dienone is 2. The van der Waals surface area contributed by atoms with Crippen molar-refractivity contribution in [3.05, 3.63) is 34.1 Å². The predicted octanol–water partition coefficient (Wildman–Crippen LogP) is 4.41. The van der Waals surface area contributed by atoms with Crippen LogP contribution in [0.2, 0.25) is 0 Å². The number of aromatic nitrogens is 2. The molecular weight excluding hydrogens is 438 g/mol. The van der Waals surface area contributed by atoms with Crippen molar-refractivity contribution in [3.63, 3.8) is 0 Å². The lowest BCUT2D eigenvalue weighted by Gasteiger charge is -2.21. The van der Waals surface area contributed by atoms with Gasteiger partial charge in [-0.3, -0.25) is 14.2 Å². The Morgan fingerprint density at radius 1 is 1.12 bits per heavy atom. The van der Waals surface area contributed by atoms with Gasteiger partial charge in [-0.25, -0.2) is 4.98 Å². The van der Waals surface area contributed by atoms with Crippen molar-refractivity contribution >= 4 is 28.6 Å². The Labute approximate surface area is 199 Å². The highest BCUT2D eigenvalue weighted by molar-refractivity contribution is 8.00. The van der Waals surface area contributed by atoms with Crippen LogP contribution in [0.5, 0.6) is 11.5 Å². The van der Waals surface area contributed by atoms with E-state index in [-0.39, 0.29) is 16.7 Å². The SMILES string of the molecule is COc1cc2nc(SC(C)C(=O)N3CCCC3)n(CCC3=CCCCC3)c(=O)c2cc1OC. The molecule has 1 aromatic heterocycles. The number of fused-ring (bicyclic) bond motifs is 1. The third-order valence-electron chi connectivity index (χ3n) is 6.51. The first-order chi connectivity index (χ1) is 16.0. The second-order valence-electron chi connectivity index (χ2n) is 8.73. The minimum atomic E-state index is -0.312. The van der Waals surface area contributed by atoms with Crippen LogP contribution < -0.4 is 15.0 Å². The number of nitrogens with zero attached hydrogens (tertiary/aromatic N) is 3. The molecule has 1 unspecified atom stereocenters. The van der Waals surface area contributed by atoms with Crippen molar-refractivity contribution < 1.29 is 14.3 Å². The Balaban J connectivity index is 1.71. The summed E-state index contributed by atoms with van der Waals surface area (Å²) in [6.07, 6.45) is 9.88. The fraction of sp³-hybridized carbons (Fsp3) is 0.560. The number of methoxy groups -OCH3 is 2. The van der Waals surface area contributed by atoms with Crippen LogP contribution in [0.4, 0.5) is 0 Å². The topological polar surface area (TPSA) is 73.7 Å². The van der Waals surface area contributed by atoms with Gasteiger partial charge in [0, 0.05) is 25.7 Å². The maximum Gasteiger partial charge on any atom is 0.262 e.